The van der Waals surface area contributed by atoms with Gasteiger partial charge in [0.1, 0.15) is 0 Å². The van der Waals surface area contributed by atoms with Crippen LogP contribution in [-0.2, 0) is 20.0 Å². The van der Waals surface area contributed by atoms with Gasteiger partial charge in [-0.1, -0.05) is 47.5 Å². The van der Waals surface area contributed by atoms with Crippen molar-refractivity contribution in [1.29, 1.82) is 0 Å². The summed E-state index contributed by atoms with van der Waals surface area (Å²) in [5.74, 6) is -0.567. The van der Waals surface area contributed by atoms with Gasteiger partial charge in [-0.3, -0.25) is 14.2 Å². The first-order valence-electron chi connectivity index (χ1n) is 11.9. The van der Waals surface area contributed by atoms with Gasteiger partial charge >= 0.3 is 0 Å². The van der Waals surface area contributed by atoms with E-state index in [1.807, 2.05) is 19.1 Å². The molecule has 0 aliphatic heterocycles. The molecule has 0 saturated carbocycles. The third-order valence-corrected chi connectivity index (χ3v) is 9.70. The fourth-order valence-corrected chi connectivity index (χ4v) is 6.65. The molecule has 0 saturated heterocycles. The average molecular weight is 619 g/mol. The first-order valence-corrected chi connectivity index (χ1v) is 15.6. The summed E-state index contributed by atoms with van der Waals surface area (Å²) in [5, 5.41) is 2.93. The quantitative estimate of drug-likeness (QED) is 0.201. The first-order chi connectivity index (χ1) is 18.8. The number of amides is 1. The van der Waals surface area contributed by atoms with Crippen molar-refractivity contribution in [3.63, 3.8) is 0 Å². The number of halogens is 2. The van der Waals surface area contributed by atoms with Gasteiger partial charge in [0.05, 0.1) is 31.2 Å². The van der Waals surface area contributed by atoms with Gasteiger partial charge < -0.3 is 5.32 Å². The normalized spacial score (nSPS) is 11.6. The number of benzene rings is 4. The molecule has 0 spiro atoms. The van der Waals surface area contributed by atoms with E-state index in [1.165, 1.54) is 48.5 Å². The molecule has 4 aromatic rings. The molecule has 4 rings (SSSR count). The maximum Gasteiger partial charge on any atom is 0.262 e. The Morgan fingerprint density at radius 2 is 1.35 bits per heavy atom. The van der Waals surface area contributed by atoms with Crippen LogP contribution in [0.2, 0.25) is 10.0 Å². The zero-order valence-corrected chi connectivity index (χ0v) is 24.8. The minimum atomic E-state index is -3.99. The van der Waals surface area contributed by atoms with E-state index in [2.05, 4.69) is 14.8 Å². The molecular formula is C28H25Cl2N3O5S2. The predicted octanol–water partition coefficient (Wildman–Crippen LogP) is 6.77. The maximum atomic E-state index is 13.2. The van der Waals surface area contributed by atoms with Gasteiger partial charge in [0.2, 0.25) is 0 Å². The summed E-state index contributed by atoms with van der Waals surface area (Å²) in [7, 11) is -7.98. The zero-order chi connectivity index (χ0) is 29.2. The van der Waals surface area contributed by atoms with Crippen molar-refractivity contribution in [2.75, 3.05) is 14.8 Å². The Labute approximate surface area is 243 Å². The van der Waals surface area contributed by atoms with Crippen molar-refractivity contribution in [1.82, 2.24) is 0 Å². The Bertz CT molecular complexity index is 1830. The fraction of sp³-hybridized carbons (Fsp3) is 0.107. The summed E-state index contributed by atoms with van der Waals surface area (Å²) in [6.45, 7) is 5.30. The standard InChI is InChI=1S/C28H25Cl2N3O5S2/c1-17-7-8-18(2)25(15-17)33-40(37,38)26-16-20(10-9-19(26)3)28(34)31-21-11-13-22(14-12-21)39(35,36)32-24-6-4-5-23(29)27(24)30/h4-16,32-33H,1-3H3,(H,31,34). The molecule has 1 amide bonds. The molecule has 0 bridgehead atoms. The highest BCUT2D eigenvalue weighted by Gasteiger charge is 2.21. The fourth-order valence-electron chi connectivity index (χ4n) is 3.78. The highest BCUT2D eigenvalue weighted by molar-refractivity contribution is 7.93. The summed E-state index contributed by atoms with van der Waals surface area (Å²) >= 11 is 12.0. The zero-order valence-electron chi connectivity index (χ0n) is 21.6. The summed E-state index contributed by atoms with van der Waals surface area (Å²) in [4.78, 5) is 12.9. The summed E-state index contributed by atoms with van der Waals surface area (Å²) < 4.78 is 57.0. The number of nitrogens with one attached hydrogen (secondary N) is 3. The molecule has 0 atom stereocenters. The van der Waals surface area contributed by atoms with Crippen LogP contribution in [0.1, 0.15) is 27.0 Å². The lowest BCUT2D eigenvalue weighted by molar-refractivity contribution is 0.102. The molecule has 0 heterocycles. The maximum absolute atomic E-state index is 13.2. The van der Waals surface area contributed by atoms with Gasteiger partial charge in [0.25, 0.3) is 26.0 Å². The van der Waals surface area contributed by atoms with Crippen LogP contribution in [0.15, 0.2) is 88.7 Å². The molecule has 208 valence electrons. The van der Waals surface area contributed by atoms with Crippen LogP contribution in [-0.4, -0.2) is 22.7 Å². The van der Waals surface area contributed by atoms with Crippen LogP contribution in [0.3, 0.4) is 0 Å². The molecule has 0 unspecified atom stereocenters. The van der Waals surface area contributed by atoms with Gasteiger partial charge in [0, 0.05) is 11.3 Å². The minimum absolute atomic E-state index is 0.0340. The topological polar surface area (TPSA) is 121 Å². The Hall–Kier alpha value is -3.57. The Morgan fingerprint density at radius 3 is 2.05 bits per heavy atom. The SMILES string of the molecule is Cc1ccc(C)c(NS(=O)(=O)c2cc(C(=O)Nc3ccc(S(=O)(=O)Nc4cccc(Cl)c4Cl)cc3)ccc2C)c1. The Balaban J connectivity index is 1.52. The minimum Gasteiger partial charge on any atom is -0.322 e. The van der Waals surface area contributed by atoms with Crippen molar-refractivity contribution in [2.45, 2.75) is 30.6 Å². The number of hydrogen-bond acceptors (Lipinski definition) is 5. The van der Waals surface area contributed by atoms with E-state index >= 15 is 0 Å². The molecule has 3 N–H and O–H groups in total. The van der Waals surface area contributed by atoms with Gasteiger partial charge in [0.15, 0.2) is 0 Å². The van der Waals surface area contributed by atoms with Gasteiger partial charge in [-0.25, -0.2) is 16.8 Å². The summed E-state index contributed by atoms with van der Waals surface area (Å²) in [6, 6.07) is 19.9. The van der Waals surface area contributed by atoms with E-state index in [4.69, 9.17) is 23.2 Å². The molecular weight excluding hydrogens is 593 g/mol. The molecule has 40 heavy (non-hydrogen) atoms. The monoisotopic (exact) mass is 617 g/mol. The van der Waals surface area contributed by atoms with Crippen LogP contribution < -0.4 is 14.8 Å². The third-order valence-electron chi connectivity index (χ3n) is 6.00. The molecule has 0 radical (unpaired) electrons. The number of hydrogen-bond donors (Lipinski definition) is 3. The third kappa shape index (κ3) is 6.59. The van der Waals surface area contributed by atoms with E-state index in [0.29, 0.717) is 16.9 Å². The average Bonchev–Trinajstić information content (AvgIpc) is 2.89. The molecule has 0 aromatic heterocycles. The summed E-state index contributed by atoms with van der Waals surface area (Å²) in [6.07, 6.45) is 0. The second kappa shape index (κ2) is 11.5. The second-order valence-electron chi connectivity index (χ2n) is 9.09. The number of anilines is 3. The number of rotatable bonds is 8. The lowest BCUT2D eigenvalue weighted by Crippen LogP contribution is -2.18. The van der Waals surface area contributed by atoms with Crippen molar-refractivity contribution in [3.8, 4) is 0 Å². The largest absolute Gasteiger partial charge is 0.322 e. The van der Waals surface area contributed by atoms with Crippen LogP contribution in [0.25, 0.3) is 0 Å². The predicted molar refractivity (Wildman–Crippen MR) is 160 cm³/mol. The number of sulfonamides is 2. The Kier molecular flexibility index (Phi) is 8.46. The molecule has 0 aliphatic carbocycles. The van der Waals surface area contributed by atoms with E-state index in [-0.39, 0.29) is 31.1 Å². The van der Waals surface area contributed by atoms with E-state index in [0.717, 1.165) is 11.1 Å². The lowest BCUT2D eigenvalue weighted by atomic mass is 10.1. The van der Waals surface area contributed by atoms with Crippen LogP contribution in [0, 0.1) is 20.8 Å². The number of carbonyl (C=O) groups excluding carboxylic acids is 1. The van der Waals surface area contributed by atoms with Crippen LogP contribution in [0.4, 0.5) is 17.1 Å². The Morgan fingerprint density at radius 1 is 0.700 bits per heavy atom. The van der Waals surface area contributed by atoms with Crippen LogP contribution >= 0.6 is 23.2 Å². The summed E-state index contributed by atoms with van der Waals surface area (Å²) in [5.41, 5.74) is 3.13. The number of carbonyl (C=O) groups is 1. The lowest BCUT2D eigenvalue weighted by Gasteiger charge is -2.14. The molecule has 4 aromatic carbocycles. The van der Waals surface area contributed by atoms with Crippen LogP contribution in [0.5, 0.6) is 0 Å². The van der Waals surface area contributed by atoms with Gasteiger partial charge in [-0.15, -0.1) is 0 Å². The van der Waals surface area contributed by atoms with E-state index < -0.39 is 26.0 Å². The highest BCUT2D eigenvalue weighted by atomic mass is 35.5. The van der Waals surface area contributed by atoms with Gasteiger partial charge in [-0.05, 0) is 92.1 Å². The van der Waals surface area contributed by atoms with E-state index in [1.54, 1.807) is 32.0 Å². The second-order valence-corrected chi connectivity index (χ2v) is 13.2. The van der Waals surface area contributed by atoms with Crippen molar-refractivity contribution in [3.05, 3.63) is 111 Å². The van der Waals surface area contributed by atoms with Crippen molar-refractivity contribution in [2.24, 2.45) is 0 Å². The number of aryl methyl sites for hydroxylation is 3. The van der Waals surface area contributed by atoms with Crippen molar-refractivity contribution < 1.29 is 21.6 Å². The van der Waals surface area contributed by atoms with Gasteiger partial charge in [-0.2, -0.15) is 0 Å². The van der Waals surface area contributed by atoms with Crippen molar-refractivity contribution >= 4 is 66.2 Å². The first kappa shape index (κ1) is 29.4. The molecule has 0 fully saturated rings. The smallest absolute Gasteiger partial charge is 0.262 e. The highest BCUT2D eigenvalue weighted by Crippen LogP contribution is 2.31. The molecule has 0 aliphatic rings. The molecule has 8 nitrogen and oxygen atoms in total. The molecule has 12 heteroatoms. The van der Waals surface area contributed by atoms with E-state index in [9.17, 15) is 21.6 Å².